The molecule has 3 aliphatic heterocycles. The van der Waals surface area contributed by atoms with E-state index in [0.717, 1.165) is 71.8 Å². The Morgan fingerprint density at radius 2 is 1.32 bits per heavy atom. The van der Waals surface area contributed by atoms with E-state index in [1.54, 1.807) is 60.7 Å². The van der Waals surface area contributed by atoms with Crippen molar-refractivity contribution in [2.24, 2.45) is 23.5 Å². The molecule has 3 fully saturated rings. The highest BCUT2D eigenvalue weighted by atomic mass is 32.2. The molecule has 7 amide bonds. The van der Waals surface area contributed by atoms with E-state index in [0.29, 0.717) is 40.0 Å². The average molecular weight is 1250 g/mol. The standard InChI is InChI=1S/C63H89N7O15S2/c1-5-36(2)30-37(3)18-12-8-6-7-9-17-23-52(79)65-45-33-50(77)61(87-43-21-15-11-16-22-43)68-60(83)55-47(74)28-29-69(55)63(85)54(49(76)34-51(64)78)67-58(81)44(56(80)57(39-24-26-40(72)27-25-39)86-42-19-13-10-14-20-42)32-48(75)46-31-41(73)35-70(46)62(84)53(38(4)71)66-59(45)82/h10-11,13-16,19-22,24-27,36-38,41,44-47,49-50,53-57,61,71-74,76-77,80H,5-9,12,17-18,23,28-35H2,1-4H3,(H2,64,78)(H,65,79)(H,66,82)(H,67,81)(H,68,83)/t36?,37?,38-,41-,44+,45+,46+,47+,49-,50-,53+,54+,55+,56+,57?,61+/m1/s1. The molecule has 0 bridgehead atoms. The number of nitrogens with two attached hydrogens (primary N) is 1. The van der Waals surface area contributed by atoms with Crippen molar-refractivity contribution in [3.05, 3.63) is 90.5 Å². The van der Waals surface area contributed by atoms with Crippen molar-refractivity contribution in [1.82, 2.24) is 31.1 Å². The number of benzene rings is 3. The number of phenolic OH excluding ortho intramolecular Hbond substituents is 1. The molecule has 478 valence electrons. The summed E-state index contributed by atoms with van der Waals surface area (Å²) in [5.41, 5.74) is 5.88. The third-order valence-electron chi connectivity index (χ3n) is 16.6. The zero-order valence-electron chi connectivity index (χ0n) is 50.0. The second-order valence-corrected chi connectivity index (χ2v) is 26.1. The van der Waals surface area contributed by atoms with Gasteiger partial charge in [0, 0.05) is 48.6 Å². The lowest BCUT2D eigenvalue weighted by atomic mass is 9.87. The van der Waals surface area contributed by atoms with E-state index in [4.69, 9.17) is 5.73 Å². The van der Waals surface area contributed by atoms with Crippen molar-refractivity contribution in [2.45, 2.75) is 211 Å². The molecule has 13 N–H and O–H groups in total. The van der Waals surface area contributed by atoms with Crippen molar-refractivity contribution in [2.75, 3.05) is 13.1 Å². The molecule has 0 aromatic heterocycles. The molecule has 3 heterocycles. The molecule has 3 saturated heterocycles. The van der Waals surface area contributed by atoms with Crippen LogP contribution in [-0.2, 0) is 38.4 Å². The first-order valence-electron chi connectivity index (χ1n) is 30.4. The summed E-state index contributed by atoms with van der Waals surface area (Å²) in [6.07, 6.45) is -4.84. The highest BCUT2D eigenvalue weighted by molar-refractivity contribution is 8.00. The maximum atomic E-state index is 15.2. The van der Waals surface area contributed by atoms with E-state index in [1.165, 1.54) is 37.6 Å². The largest absolute Gasteiger partial charge is 0.508 e. The number of aliphatic hydroxyl groups excluding tert-OH is 6. The van der Waals surface area contributed by atoms with Gasteiger partial charge in [0.05, 0.1) is 60.3 Å². The highest BCUT2D eigenvalue weighted by Gasteiger charge is 2.49. The lowest BCUT2D eigenvalue weighted by Crippen LogP contribution is -2.61. The summed E-state index contributed by atoms with van der Waals surface area (Å²) in [7, 11) is 0. The number of phenols is 1. The van der Waals surface area contributed by atoms with Gasteiger partial charge in [0.1, 0.15) is 35.3 Å². The second kappa shape index (κ2) is 34.0. The molecule has 6 rings (SSSR count). The quantitative estimate of drug-likeness (QED) is 0.0452. The summed E-state index contributed by atoms with van der Waals surface area (Å²) in [6.45, 7) is 7.10. The van der Waals surface area contributed by atoms with E-state index >= 15 is 14.4 Å². The summed E-state index contributed by atoms with van der Waals surface area (Å²) in [5.74, 6) is -8.88. The van der Waals surface area contributed by atoms with Crippen LogP contribution in [0.3, 0.4) is 0 Å². The Morgan fingerprint density at radius 1 is 0.713 bits per heavy atom. The Bertz CT molecular complexity index is 2750. The van der Waals surface area contributed by atoms with E-state index in [2.05, 4.69) is 42.0 Å². The van der Waals surface area contributed by atoms with E-state index < -0.39 is 163 Å². The van der Waals surface area contributed by atoms with Gasteiger partial charge in [-0.05, 0) is 80.0 Å². The predicted octanol–water partition coefficient (Wildman–Crippen LogP) is 3.35. The number of nitrogens with zero attached hydrogens (tertiary/aromatic N) is 2. The molecule has 3 aliphatic rings. The Morgan fingerprint density at radius 3 is 1.95 bits per heavy atom. The highest BCUT2D eigenvalue weighted by Crippen LogP contribution is 2.42. The van der Waals surface area contributed by atoms with Gasteiger partial charge < -0.3 is 72.5 Å². The number of unbranched alkanes of at least 4 members (excludes halogenated alkanes) is 5. The van der Waals surface area contributed by atoms with Crippen molar-refractivity contribution in [3.63, 3.8) is 0 Å². The Balaban J connectivity index is 1.39. The first kappa shape index (κ1) is 70.0. The normalized spacial score (nSPS) is 26.6. The van der Waals surface area contributed by atoms with E-state index in [-0.39, 0.29) is 25.1 Å². The fourth-order valence-electron chi connectivity index (χ4n) is 11.6. The van der Waals surface area contributed by atoms with Gasteiger partial charge in [0.15, 0.2) is 5.78 Å². The van der Waals surface area contributed by atoms with Crippen LogP contribution in [0.25, 0.3) is 0 Å². The fourth-order valence-corrected chi connectivity index (χ4v) is 13.9. The number of thioether (sulfide) groups is 2. The maximum Gasteiger partial charge on any atom is 0.248 e. The molecule has 3 aromatic carbocycles. The number of carbonyl (C=O) groups excluding carboxylic acids is 8. The van der Waals surface area contributed by atoms with Crippen LogP contribution in [0, 0.1) is 17.8 Å². The minimum atomic E-state index is -2.14. The number of aromatic hydroxyl groups is 1. The van der Waals surface area contributed by atoms with Gasteiger partial charge in [0.25, 0.3) is 0 Å². The molecule has 22 nitrogen and oxygen atoms in total. The molecular weight excluding hydrogens is 1160 g/mol. The van der Waals surface area contributed by atoms with Crippen LogP contribution in [0.4, 0.5) is 0 Å². The van der Waals surface area contributed by atoms with Crippen LogP contribution < -0.4 is 27.0 Å². The smallest absolute Gasteiger partial charge is 0.248 e. The number of amides is 7. The first-order valence-corrected chi connectivity index (χ1v) is 32.1. The van der Waals surface area contributed by atoms with Crippen LogP contribution in [-0.4, -0.2) is 178 Å². The van der Waals surface area contributed by atoms with Crippen molar-refractivity contribution in [3.8, 4) is 5.75 Å². The van der Waals surface area contributed by atoms with Crippen LogP contribution in [0.2, 0.25) is 0 Å². The van der Waals surface area contributed by atoms with Crippen molar-refractivity contribution < 1.29 is 74.1 Å². The van der Waals surface area contributed by atoms with Gasteiger partial charge >= 0.3 is 0 Å². The van der Waals surface area contributed by atoms with Gasteiger partial charge in [-0.2, -0.15) is 0 Å². The molecule has 16 atom stereocenters. The molecular formula is C63H89N7O15S2. The minimum absolute atomic E-state index is 0.0226. The van der Waals surface area contributed by atoms with Crippen molar-refractivity contribution in [1.29, 1.82) is 0 Å². The van der Waals surface area contributed by atoms with Crippen LogP contribution in [0.5, 0.6) is 5.75 Å². The summed E-state index contributed by atoms with van der Waals surface area (Å²) >= 11 is 2.00. The number of hydrogen-bond donors (Lipinski definition) is 12. The number of carbonyl (C=O) groups is 8. The molecule has 3 aromatic rings. The number of ketones is 1. The number of fused-ring (bicyclic) bond motifs is 2. The molecule has 0 aliphatic carbocycles. The molecule has 0 radical (unpaired) electrons. The van der Waals surface area contributed by atoms with Crippen LogP contribution in [0.15, 0.2) is 94.7 Å². The summed E-state index contributed by atoms with van der Waals surface area (Å²) < 4.78 is 0. The third kappa shape index (κ3) is 20.5. The van der Waals surface area contributed by atoms with Gasteiger partial charge in [0.2, 0.25) is 41.4 Å². The third-order valence-corrected chi connectivity index (χ3v) is 19.2. The van der Waals surface area contributed by atoms with Crippen molar-refractivity contribution >= 4 is 70.7 Å². The number of nitrogens with one attached hydrogen (secondary N) is 4. The minimum Gasteiger partial charge on any atom is -0.508 e. The predicted molar refractivity (Wildman–Crippen MR) is 327 cm³/mol. The summed E-state index contributed by atoms with van der Waals surface area (Å²) in [5, 5.41) is 88.7. The number of Topliss-reactive ketones (excluding diaryl/α,β-unsaturated/α-hetero) is 1. The average Bonchev–Trinajstić information content (AvgIpc) is 2.14. The van der Waals surface area contributed by atoms with E-state index in [9.17, 15) is 59.7 Å². The molecule has 3 unspecified atom stereocenters. The SMILES string of the molecule is CCC(C)CC(C)CCCCCCCCC(=O)N[C@H]1C[C@@H](O)[C@H](Sc2ccccc2)NC(=O)[C@@H]2[C@@H](O)CCN2C(=O)[C@H]([C@H](O)CC(N)=O)NC(=O)[C@H]([C@H](O)C(Sc2ccccc2)c2ccc(O)cc2)CC(=O)[C@@H]2C[C@@H](O)CN2C(=O)[C@H]([C@@H](C)O)NC1=O. The first-order chi connectivity index (χ1) is 41.4. The lowest BCUT2D eigenvalue weighted by Gasteiger charge is -2.35. The van der Waals surface area contributed by atoms with Crippen LogP contribution >= 0.6 is 23.5 Å². The maximum absolute atomic E-state index is 15.2. The lowest BCUT2D eigenvalue weighted by molar-refractivity contribution is -0.148. The van der Waals surface area contributed by atoms with Gasteiger partial charge in [-0.15, -0.1) is 11.8 Å². The molecule has 87 heavy (non-hydrogen) atoms. The monoisotopic (exact) mass is 1250 g/mol. The zero-order chi connectivity index (χ0) is 63.5. The number of primary amides is 1. The molecule has 0 spiro atoms. The van der Waals surface area contributed by atoms with Gasteiger partial charge in [-0.3, -0.25) is 38.4 Å². The van der Waals surface area contributed by atoms with Gasteiger partial charge in [-0.1, -0.05) is 126 Å². The van der Waals surface area contributed by atoms with Gasteiger partial charge in [-0.25, -0.2) is 0 Å². The zero-order valence-corrected chi connectivity index (χ0v) is 51.7. The topological polar surface area (TPSA) is 359 Å². The second-order valence-electron chi connectivity index (χ2n) is 23.7. The Kier molecular flexibility index (Phi) is 27.4. The fraction of sp³-hybridized carbons (Fsp3) is 0.587. The Labute approximate surface area is 517 Å². The number of hydrogen-bond acceptors (Lipinski definition) is 17. The Hall–Kier alpha value is -6.12. The molecule has 24 heteroatoms. The number of rotatable bonds is 24. The number of aliphatic hydroxyl groups is 6. The summed E-state index contributed by atoms with van der Waals surface area (Å²) in [4.78, 5) is 119. The van der Waals surface area contributed by atoms with E-state index in [1.807, 2.05) is 0 Å². The summed E-state index contributed by atoms with van der Waals surface area (Å²) in [6, 6.07) is 13.7. The molecule has 0 saturated carbocycles. The van der Waals surface area contributed by atoms with Crippen LogP contribution in [0.1, 0.15) is 135 Å².